The highest BCUT2D eigenvalue weighted by Crippen LogP contribution is 2.21. The van der Waals surface area contributed by atoms with Crippen molar-refractivity contribution < 1.29 is 9.53 Å². The number of esters is 1. The van der Waals surface area contributed by atoms with E-state index in [1.54, 1.807) is 18.2 Å². The molecule has 2 rings (SSSR count). The number of carbonyl (C=O) groups excluding carboxylic acids is 1. The van der Waals surface area contributed by atoms with Crippen molar-refractivity contribution in [1.82, 2.24) is 19.9 Å². The molecule has 21 heavy (non-hydrogen) atoms. The van der Waals surface area contributed by atoms with Crippen LogP contribution < -0.4 is 0 Å². The monoisotopic (exact) mass is 287 g/mol. The second kappa shape index (κ2) is 6.65. The number of ether oxygens (including phenoxy) is 1. The molecule has 7 heteroatoms. The third-order valence-corrected chi connectivity index (χ3v) is 2.53. The van der Waals surface area contributed by atoms with Gasteiger partial charge < -0.3 is 9.64 Å². The van der Waals surface area contributed by atoms with Gasteiger partial charge in [0.1, 0.15) is 0 Å². The molecule has 0 radical (unpaired) electrons. The van der Waals surface area contributed by atoms with Crippen LogP contribution in [0.3, 0.4) is 0 Å². The number of nitrogens with zero attached hydrogens (tertiary/aromatic N) is 5. The van der Waals surface area contributed by atoms with E-state index in [-0.39, 0.29) is 12.3 Å². The van der Waals surface area contributed by atoms with E-state index in [9.17, 15) is 4.79 Å². The SMILES string of the molecule is CCOC(=O)c1nnn(-c2ccccc2)c1/N=C/N(C)C. The maximum Gasteiger partial charge on any atom is 0.362 e. The van der Waals surface area contributed by atoms with E-state index in [0.717, 1.165) is 5.69 Å². The van der Waals surface area contributed by atoms with Crippen LogP contribution in [0.2, 0.25) is 0 Å². The highest BCUT2D eigenvalue weighted by molar-refractivity contribution is 5.92. The highest BCUT2D eigenvalue weighted by atomic mass is 16.5. The minimum atomic E-state index is -0.536. The predicted octanol–water partition coefficient (Wildman–Crippen LogP) is 1.67. The molecule has 0 N–H and O–H groups in total. The lowest BCUT2D eigenvalue weighted by Crippen LogP contribution is -2.09. The Morgan fingerprint density at radius 1 is 1.38 bits per heavy atom. The summed E-state index contributed by atoms with van der Waals surface area (Å²) in [6.07, 6.45) is 1.58. The van der Waals surface area contributed by atoms with Crippen molar-refractivity contribution in [3.63, 3.8) is 0 Å². The maximum atomic E-state index is 11.9. The zero-order valence-corrected chi connectivity index (χ0v) is 12.2. The molecule has 0 saturated heterocycles. The van der Waals surface area contributed by atoms with Gasteiger partial charge in [0.2, 0.25) is 5.69 Å². The van der Waals surface area contributed by atoms with Crippen molar-refractivity contribution in [1.29, 1.82) is 0 Å². The predicted molar refractivity (Wildman–Crippen MR) is 79.2 cm³/mol. The molecule has 0 atom stereocenters. The number of carbonyl (C=O) groups is 1. The number of benzene rings is 1. The zero-order valence-electron chi connectivity index (χ0n) is 12.2. The molecule has 0 bridgehead atoms. The van der Waals surface area contributed by atoms with Gasteiger partial charge in [0.25, 0.3) is 0 Å². The van der Waals surface area contributed by atoms with Crippen LogP contribution in [0.5, 0.6) is 0 Å². The molecule has 0 amide bonds. The molecule has 0 fully saturated rings. The van der Waals surface area contributed by atoms with E-state index < -0.39 is 5.97 Å². The molecule has 110 valence electrons. The minimum Gasteiger partial charge on any atom is -0.461 e. The second-order valence-electron chi connectivity index (χ2n) is 4.44. The molecule has 0 saturated carbocycles. The van der Waals surface area contributed by atoms with Crippen LogP contribution in [0.1, 0.15) is 17.4 Å². The van der Waals surface area contributed by atoms with Gasteiger partial charge in [-0.15, -0.1) is 5.10 Å². The van der Waals surface area contributed by atoms with E-state index in [1.165, 1.54) is 4.68 Å². The summed E-state index contributed by atoms with van der Waals surface area (Å²) in [6.45, 7) is 2.01. The average molecular weight is 287 g/mol. The van der Waals surface area contributed by atoms with Crippen LogP contribution in [0.4, 0.5) is 5.82 Å². The quantitative estimate of drug-likeness (QED) is 0.475. The van der Waals surface area contributed by atoms with Crippen LogP contribution in [0.15, 0.2) is 35.3 Å². The second-order valence-corrected chi connectivity index (χ2v) is 4.44. The Kier molecular flexibility index (Phi) is 4.65. The van der Waals surface area contributed by atoms with Crippen molar-refractivity contribution in [2.75, 3.05) is 20.7 Å². The lowest BCUT2D eigenvalue weighted by Gasteiger charge is -2.06. The Bertz CT molecular complexity index is 634. The normalized spacial score (nSPS) is 10.8. The third kappa shape index (κ3) is 3.44. The van der Waals surface area contributed by atoms with Gasteiger partial charge in [0, 0.05) is 14.1 Å². The molecule has 0 unspecified atom stereocenters. The summed E-state index contributed by atoms with van der Waals surface area (Å²) in [5.74, 6) is -0.195. The molecule has 1 aromatic carbocycles. The summed E-state index contributed by atoms with van der Waals surface area (Å²) in [5, 5.41) is 7.90. The van der Waals surface area contributed by atoms with Crippen molar-refractivity contribution in [3.05, 3.63) is 36.0 Å². The van der Waals surface area contributed by atoms with Crippen molar-refractivity contribution in [3.8, 4) is 5.69 Å². The van der Waals surface area contributed by atoms with Gasteiger partial charge in [0.15, 0.2) is 5.82 Å². The first-order valence-electron chi connectivity index (χ1n) is 6.52. The van der Waals surface area contributed by atoms with Gasteiger partial charge in [0.05, 0.1) is 18.6 Å². The summed E-state index contributed by atoms with van der Waals surface area (Å²) < 4.78 is 6.49. The summed E-state index contributed by atoms with van der Waals surface area (Å²) in [6, 6.07) is 9.37. The fraction of sp³-hybridized carbons (Fsp3) is 0.286. The van der Waals surface area contributed by atoms with Crippen LogP contribution in [-0.4, -0.2) is 52.9 Å². The van der Waals surface area contributed by atoms with E-state index in [2.05, 4.69) is 15.3 Å². The van der Waals surface area contributed by atoms with Gasteiger partial charge in [-0.1, -0.05) is 23.4 Å². The van der Waals surface area contributed by atoms with E-state index in [0.29, 0.717) is 5.82 Å². The summed E-state index contributed by atoms with van der Waals surface area (Å²) in [4.78, 5) is 18.0. The lowest BCUT2D eigenvalue weighted by molar-refractivity contribution is 0.0520. The molecule has 1 aromatic heterocycles. The Morgan fingerprint density at radius 3 is 2.71 bits per heavy atom. The van der Waals surface area contributed by atoms with Crippen molar-refractivity contribution in [2.24, 2.45) is 4.99 Å². The highest BCUT2D eigenvalue weighted by Gasteiger charge is 2.21. The fourth-order valence-electron chi connectivity index (χ4n) is 1.64. The topological polar surface area (TPSA) is 72.6 Å². The number of hydrogen-bond acceptors (Lipinski definition) is 5. The summed E-state index contributed by atoms with van der Waals surface area (Å²) >= 11 is 0. The molecule has 0 aliphatic rings. The first-order chi connectivity index (χ1) is 10.1. The Hall–Kier alpha value is -2.70. The molecule has 1 heterocycles. The summed E-state index contributed by atoms with van der Waals surface area (Å²) in [5.41, 5.74) is 0.866. The maximum absolute atomic E-state index is 11.9. The molecular weight excluding hydrogens is 270 g/mol. The van der Waals surface area contributed by atoms with Crippen LogP contribution in [0, 0.1) is 0 Å². The zero-order chi connectivity index (χ0) is 15.2. The van der Waals surface area contributed by atoms with Gasteiger partial charge in [-0.25, -0.2) is 9.79 Å². The summed E-state index contributed by atoms with van der Waals surface area (Å²) in [7, 11) is 3.67. The van der Waals surface area contributed by atoms with Crippen molar-refractivity contribution >= 4 is 18.1 Å². The first-order valence-corrected chi connectivity index (χ1v) is 6.52. The van der Waals surface area contributed by atoms with Crippen LogP contribution in [0.25, 0.3) is 5.69 Å². The molecule has 0 spiro atoms. The number of aliphatic imine (C=N–C) groups is 1. The van der Waals surface area contributed by atoms with E-state index in [4.69, 9.17) is 4.74 Å². The largest absolute Gasteiger partial charge is 0.461 e. The van der Waals surface area contributed by atoms with Crippen molar-refractivity contribution in [2.45, 2.75) is 6.92 Å². The van der Waals surface area contributed by atoms with Crippen LogP contribution >= 0.6 is 0 Å². The molecule has 7 nitrogen and oxygen atoms in total. The number of aromatic nitrogens is 3. The Labute approximate surface area is 122 Å². The average Bonchev–Trinajstić information content (AvgIpc) is 2.90. The molecular formula is C14H17N5O2. The molecule has 2 aromatic rings. The van der Waals surface area contributed by atoms with Gasteiger partial charge in [-0.05, 0) is 19.1 Å². The number of hydrogen-bond donors (Lipinski definition) is 0. The van der Waals surface area contributed by atoms with Gasteiger partial charge in [-0.3, -0.25) is 0 Å². The minimum absolute atomic E-state index is 0.0961. The van der Waals surface area contributed by atoms with Crippen LogP contribution in [-0.2, 0) is 4.74 Å². The standard InChI is InChI=1S/C14H17N5O2/c1-4-21-14(20)12-13(15-10-18(2)3)19(17-16-12)11-8-6-5-7-9-11/h5-10H,4H2,1-3H3/b15-10+. The smallest absolute Gasteiger partial charge is 0.362 e. The Morgan fingerprint density at radius 2 is 2.10 bits per heavy atom. The lowest BCUT2D eigenvalue weighted by atomic mass is 10.3. The molecule has 0 aliphatic heterocycles. The van der Waals surface area contributed by atoms with E-state index >= 15 is 0 Å². The number of para-hydroxylation sites is 1. The molecule has 0 aliphatic carbocycles. The first kappa shape index (κ1) is 14.7. The third-order valence-electron chi connectivity index (χ3n) is 2.53. The van der Waals surface area contributed by atoms with E-state index in [1.807, 2.05) is 44.4 Å². The van der Waals surface area contributed by atoms with Gasteiger partial charge in [-0.2, -0.15) is 4.68 Å². The number of rotatable bonds is 5. The Balaban J connectivity index is 2.48. The van der Waals surface area contributed by atoms with Gasteiger partial charge >= 0.3 is 5.97 Å². The fourth-order valence-corrected chi connectivity index (χ4v) is 1.64.